The number of ether oxygens (including phenoxy) is 1. The molecule has 5 heteroatoms. The minimum Gasteiger partial charge on any atom is -0.489 e. The fourth-order valence-corrected chi connectivity index (χ4v) is 5.49. The van der Waals surface area contributed by atoms with Gasteiger partial charge in [-0.1, -0.05) is 30.3 Å². The van der Waals surface area contributed by atoms with Gasteiger partial charge in [0, 0.05) is 31.7 Å². The van der Waals surface area contributed by atoms with Gasteiger partial charge in [-0.05, 0) is 72.7 Å². The van der Waals surface area contributed by atoms with Crippen LogP contribution in [0, 0.1) is 24.6 Å². The van der Waals surface area contributed by atoms with Crippen LogP contribution in [0.4, 0.5) is 4.39 Å². The molecule has 5 rings (SSSR count). The van der Waals surface area contributed by atoms with Crippen LogP contribution in [-0.4, -0.2) is 28.1 Å². The molecule has 0 spiro atoms. The molecule has 1 aliphatic carbocycles. The van der Waals surface area contributed by atoms with Crippen molar-refractivity contribution >= 4 is 0 Å². The van der Waals surface area contributed by atoms with Crippen molar-refractivity contribution in [3.63, 3.8) is 0 Å². The Morgan fingerprint density at radius 3 is 2.75 bits per heavy atom. The summed E-state index contributed by atoms with van der Waals surface area (Å²) >= 11 is 0. The van der Waals surface area contributed by atoms with Crippen LogP contribution >= 0.6 is 0 Å². The number of hydrogen-bond donors (Lipinski definition) is 1. The van der Waals surface area contributed by atoms with E-state index in [4.69, 9.17) is 4.74 Å². The average Bonchev–Trinajstić information content (AvgIpc) is 3.34. The Balaban J connectivity index is 1.24. The van der Waals surface area contributed by atoms with Crippen LogP contribution in [0.25, 0.3) is 0 Å². The monoisotopic (exact) mass is 432 g/mol. The number of halogens is 1. The number of likely N-dealkylation sites (tertiary alicyclic amines) is 1. The number of aliphatic hydroxyl groups is 1. The predicted octanol–water partition coefficient (Wildman–Crippen LogP) is 4.84. The summed E-state index contributed by atoms with van der Waals surface area (Å²) in [4.78, 5) is 7.00. The summed E-state index contributed by atoms with van der Waals surface area (Å²) < 4.78 is 19.0. The maximum absolute atomic E-state index is 13.1. The van der Waals surface area contributed by atoms with E-state index in [1.807, 2.05) is 31.2 Å². The van der Waals surface area contributed by atoms with Gasteiger partial charge < -0.3 is 9.84 Å². The molecule has 1 saturated carbocycles. The fourth-order valence-electron chi connectivity index (χ4n) is 5.49. The first-order valence-electron chi connectivity index (χ1n) is 11.3. The number of rotatable bonds is 6. The standard InChI is InChI=1S/C27H29FN2O2/c1-19-4-3-13-29-26(19)27(31)12-11-22-16-30(17-25(22)27)15-21-5-2-6-24(14-21)32-18-20-7-9-23(28)10-8-20/h2-10,13-14,22,25,31H,11-12,15-18H2,1H3/t22-,25+,27-/m0/s1. The van der Waals surface area contributed by atoms with Gasteiger partial charge in [-0.3, -0.25) is 9.88 Å². The number of aromatic nitrogens is 1. The molecule has 2 fully saturated rings. The zero-order chi connectivity index (χ0) is 22.1. The van der Waals surface area contributed by atoms with Crippen LogP contribution in [0.15, 0.2) is 66.9 Å². The molecule has 3 aromatic rings. The first-order chi connectivity index (χ1) is 15.5. The highest BCUT2D eigenvalue weighted by atomic mass is 19.1. The van der Waals surface area contributed by atoms with Gasteiger partial charge in [-0.15, -0.1) is 0 Å². The van der Waals surface area contributed by atoms with E-state index in [0.717, 1.165) is 55.0 Å². The van der Waals surface area contributed by atoms with Crippen molar-refractivity contribution in [1.82, 2.24) is 9.88 Å². The van der Waals surface area contributed by atoms with Gasteiger partial charge in [0.15, 0.2) is 0 Å². The molecule has 2 aromatic carbocycles. The summed E-state index contributed by atoms with van der Waals surface area (Å²) in [5, 5.41) is 11.6. The summed E-state index contributed by atoms with van der Waals surface area (Å²) in [5.41, 5.74) is 3.23. The quantitative estimate of drug-likeness (QED) is 0.606. The molecule has 1 aromatic heterocycles. The number of nitrogens with zero attached hydrogens (tertiary/aromatic N) is 2. The third-order valence-corrected chi connectivity index (χ3v) is 7.07. The van der Waals surface area contributed by atoms with Crippen LogP contribution < -0.4 is 4.74 Å². The van der Waals surface area contributed by atoms with Crippen molar-refractivity contribution in [3.05, 3.63) is 95.1 Å². The van der Waals surface area contributed by atoms with Gasteiger partial charge >= 0.3 is 0 Å². The van der Waals surface area contributed by atoms with Crippen LogP contribution in [0.2, 0.25) is 0 Å². The van der Waals surface area contributed by atoms with Crippen molar-refractivity contribution in [2.75, 3.05) is 13.1 Å². The highest BCUT2D eigenvalue weighted by Crippen LogP contribution is 2.50. The van der Waals surface area contributed by atoms with E-state index in [9.17, 15) is 9.50 Å². The Bertz CT molecular complexity index is 1090. The van der Waals surface area contributed by atoms with Gasteiger partial charge in [-0.25, -0.2) is 4.39 Å². The first-order valence-corrected chi connectivity index (χ1v) is 11.3. The van der Waals surface area contributed by atoms with E-state index in [1.54, 1.807) is 18.3 Å². The molecule has 166 valence electrons. The van der Waals surface area contributed by atoms with E-state index < -0.39 is 5.60 Å². The maximum atomic E-state index is 13.1. The summed E-state index contributed by atoms with van der Waals surface area (Å²) in [6.07, 6.45) is 3.62. The van der Waals surface area contributed by atoms with E-state index >= 15 is 0 Å². The molecular weight excluding hydrogens is 403 g/mol. The third kappa shape index (κ3) is 4.15. The second kappa shape index (κ2) is 8.64. The molecule has 32 heavy (non-hydrogen) atoms. The van der Waals surface area contributed by atoms with Crippen LogP contribution in [0.5, 0.6) is 5.75 Å². The molecule has 1 aliphatic heterocycles. The highest BCUT2D eigenvalue weighted by Gasteiger charge is 2.53. The topological polar surface area (TPSA) is 45.6 Å². The minimum absolute atomic E-state index is 0.217. The van der Waals surface area contributed by atoms with Gasteiger partial charge in [0.05, 0.1) is 5.69 Å². The van der Waals surface area contributed by atoms with E-state index in [2.05, 4.69) is 22.0 Å². The minimum atomic E-state index is -0.828. The molecule has 2 heterocycles. The Kier molecular flexibility index (Phi) is 5.70. The number of hydrogen-bond acceptors (Lipinski definition) is 4. The molecule has 2 aliphatic rings. The number of pyridine rings is 1. The van der Waals surface area contributed by atoms with Crippen molar-refractivity contribution in [2.24, 2.45) is 11.8 Å². The van der Waals surface area contributed by atoms with Gasteiger partial charge in [0.1, 0.15) is 23.8 Å². The SMILES string of the molecule is Cc1cccnc1[C@]1(O)CC[C@H]2CN(Cc3cccc(OCc4ccc(F)cc4)c3)C[C@H]21. The molecule has 0 radical (unpaired) electrons. The van der Waals surface area contributed by atoms with Crippen molar-refractivity contribution < 1.29 is 14.2 Å². The summed E-state index contributed by atoms with van der Waals surface area (Å²) in [6, 6.07) is 18.5. The molecule has 0 bridgehead atoms. The lowest BCUT2D eigenvalue weighted by atomic mass is 9.83. The van der Waals surface area contributed by atoms with Crippen LogP contribution in [0.3, 0.4) is 0 Å². The van der Waals surface area contributed by atoms with Crippen LogP contribution in [0.1, 0.15) is 35.2 Å². The fraction of sp³-hybridized carbons (Fsp3) is 0.370. The summed E-state index contributed by atoms with van der Waals surface area (Å²) in [6.45, 7) is 5.15. The Hall–Kier alpha value is -2.76. The Labute approximate surface area is 188 Å². The largest absolute Gasteiger partial charge is 0.489 e. The number of aryl methyl sites for hydroxylation is 1. The normalized spacial score (nSPS) is 25.1. The van der Waals surface area contributed by atoms with Gasteiger partial charge in [-0.2, -0.15) is 0 Å². The van der Waals surface area contributed by atoms with Crippen molar-refractivity contribution in [2.45, 2.75) is 38.5 Å². The van der Waals surface area contributed by atoms with Crippen molar-refractivity contribution in [1.29, 1.82) is 0 Å². The van der Waals surface area contributed by atoms with E-state index in [0.29, 0.717) is 12.5 Å². The molecule has 0 amide bonds. The first kappa shape index (κ1) is 21.1. The van der Waals surface area contributed by atoms with Gasteiger partial charge in [0.25, 0.3) is 0 Å². The zero-order valence-corrected chi connectivity index (χ0v) is 18.4. The third-order valence-electron chi connectivity index (χ3n) is 7.07. The molecule has 0 unspecified atom stereocenters. The average molecular weight is 433 g/mol. The number of fused-ring (bicyclic) bond motifs is 1. The maximum Gasteiger partial charge on any atom is 0.123 e. The van der Waals surface area contributed by atoms with E-state index in [1.165, 1.54) is 17.7 Å². The molecule has 1 N–H and O–H groups in total. The molecule has 3 atom stereocenters. The zero-order valence-electron chi connectivity index (χ0n) is 18.4. The van der Waals surface area contributed by atoms with Crippen LogP contribution in [-0.2, 0) is 18.8 Å². The highest BCUT2D eigenvalue weighted by molar-refractivity contribution is 5.30. The van der Waals surface area contributed by atoms with Crippen molar-refractivity contribution in [3.8, 4) is 5.75 Å². The second-order valence-electron chi connectivity index (χ2n) is 9.26. The lowest BCUT2D eigenvalue weighted by molar-refractivity contribution is -0.0114. The van der Waals surface area contributed by atoms with Gasteiger partial charge in [0.2, 0.25) is 0 Å². The number of benzene rings is 2. The Morgan fingerprint density at radius 2 is 1.94 bits per heavy atom. The summed E-state index contributed by atoms with van der Waals surface area (Å²) in [7, 11) is 0. The predicted molar refractivity (Wildman–Crippen MR) is 122 cm³/mol. The summed E-state index contributed by atoms with van der Waals surface area (Å²) in [5.74, 6) is 1.29. The lowest BCUT2D eigenvalue weighted by Crippen LogP contribution is -2.36. The molecule has 4 nitrogen and oxygen atoms in total. The lowest BCUT2D eigenvalue weighted by Gasteiger charge is -2.31. The second-order valence-corrected chi connectivity index (χ2v) is 9.26. The molecular formula is C27H29FN2O2. The van der Waals surface area contributed by atoms with E-state index in [-0.39, 0.29) is 11.7 Å². The Morgan fingerprint density at radius 1 is 1.09 bits per heavy atom. The smallest absolute Gasteiger partial charge is 0.123 e. The molecule has 1 saturated heterocycles.